The van der Waals surface area contributed by atoms with Crippen molar-refractivity contribution in [3.8, 4) is 0 Å². The number of aromatic carboxylic acids is 1. The van der Waals surface area contributed by atoms with Crippen LogP contribution < -0.4 is 4.72 Å². The van der Waals surface area contributed by atoms with Gasteiger partial charge in [0.15, 0.2) is 5.82 Å². The Balaban J connectivity index is 1.76. The molecule has 168 valence electrons. The number of aromatic amines is 1. The molecule has 4 aromatic rings. The fourth-order valence-electron chi connectivity index (χ4n) is 3.14. The molecule has 3 N–H and O–H groups in total. The number of halogens is 3. The van der Waals surface area contributed by atoms with Crippen molar-refractivity contribution in [1.29, 1.82) is 0 Å². The Hall–Kier alpha value is -3.83. The maximum absolute atomic E-state index is 15.2. The van der Waals surface area contributed by atoms with Crippen LogP contribution in [0.2, 0.25) is 5.02 Å². The number of nitrogens with zero attached hydrogens (tertiary/aromatic N) is 1. The fourth-order valence-corrected chi connectivity index (χ4v) is 4.40. The van der Waals surface area contributed by atoms with Crippen LogP contribution in [0.1, 0.15) is 26.3 Å². The lowest BCUT2D eigenvalue weighted by molar-refractivity contribution is 0.0696. The molecule has 0 atom stereocenters. The summed E-state index contributed by atoms with van der Waals surface area (Å²) in [4.78, 5) is 30.3. The van der Waals surface area contributed by atoms with Gasteiger partial charge >= 0.3 is 5.97 Å². The van der Waals surface area contributed by atoms with E-state index >= 15 is 4.39 Å². The molecule has 8 nitrogen and oxygen atoms in total. The number of carboxylic acids is 1. The lowest BCUT2D eigenvalue weighted by Gasteiger charge is -2.12. The van der Waals surface area contributed by atoms with Crippen LogP contribution in [0, 0.1) is 11.6 Å². The second-order valence-electron chi connectivity index (χ2n) is 6.80. The maximum Gasteiger partial charge on any atom is 0.335 e. The number of sulfonamides is 1. The van der Waals surface area contributed by atoms with E-state index < -0.39 is 49.6 Å². The predicted molar refractivity (Wildman–Crippen MR) is 115 cm³/mol. The first-order valence-corrected chi connectivity index (χ1v) is 11.0. The van der Waals surface area contributed by atoms with E-state index in [0.29, 0.717) is 0 Å². The highest BCUT2D eigenvalue weighted by atomic mass is 35.5. The number of fused-ring (bicyclic) bond motifs is 1. The first kappa shape index (κ1) is 22.4. The molecule has 0 aliphatic carbocycles. The summed E-state index contributed by atoms with van der Waals surface area (Å²) >= 11 is 5.90. The summed E-state index contributed by atoms with van der Waals surface area (Å²) in [7, 11) is -4.46. The summed E-state index contributed by atoms with van der Waals surface area (Å²) in [6.45, 7) is 0. The van der Waals surface area contributed by atoms with Crippen molar-refractivity contribution >= 4 is 50.1 Å². The monoisotopic (exact) mass is 491 g/mol. The Kier molecular flexibility index (Phi) is 5.60. The van der Waals surface area contributed by atoms with Crippen molar-refractivity contribution < 1.29 is 31.9 Å². The molecular weight excluding hydrogens is 480 g/mol. The minimum absolute atomic E-state index is 0.119. The van der Waals surface area contributed by atoms with Crippen LogP contribution in [0.5, 0.6) is 0 Å². The Morgan fingerprint density at radius 3 is 2.61 bits per heavy atom. The van der Waals surface area contributed by atoms with Crippen molar-refractivity contribution in [3.63, 3.8) is 0 Å². The van der Waals surface area contributed by atoms with Crippen LogP contribution in [-0.2, 0) is 10.0 Å². The number of anilines is 1. The maximum atomic E-state index is 15.2. The van der Waals surface area contributed by atoms with E-state index in [-0.39, 0.29) is 27.2 Å². The van der Waals surface area contributed by atoms with E-state index in [1.807, 2.05) is 4.72 Å². The number of aromatic nitrogens is 2. The average Bonchev–Trinajstić information content (AvgIpc) is 3.19. The van der Waals surface area contributed by atoms with Crippen molar-refractivity contribution in [1.82, 2.24) is 9.97 Å². The molecule has 0 amide bonds. The van der Waals surface area contributed by atoms with Crippen LogP contribution >= 0.6 is 11.6 Å². The first-order valence-electron chi connectivity index (χ1n) is 9.10. The average molecular weight is 492 g/mol. The molecule has 2 aromatic heterocycles. The molecule has 4 rings (SSSR count). The molecule has 0 bridgehead atoms. The third-order valence-electron chi connectivity index (χ3n) is 4.70. The van der Waals surface area contributed by atoms with Crippen LogP contribution in [0.4, 0.5) is 14.5 Å². The summed E-state index contributed by atoms with van der Waals surface area (Å²) in [5.41, 5.74) is -1.85. The van der Waals surface area contributed by atoms with Gasteiger partial charge in [-0.3, -0.25) is 9.52 Å². The number of carbonyl (C=O) groups excluding carboxylic acids is 1. The second-order valence-corrected chi connectivity index (χ2v) is 8.92. The molecule has 0 fully saturated rings. The number of rotatable bonds is 6. The van der Waals surface area contributed by atoms with Crippen molar-refractivity contribution in [2.24, 2.45) is 0 Å². The van der Waals surface area contributed by atoms with Crippen molar-refractivity contribution in [2.75, 3.05) is 4.72 Å². The largest absolute Gasteiger partial charge is 0.478 e. The Bertz CT molecular complexity index is 1550. The number of carbonyl (C=O) groups is 2. The number of benzene rings is 2. The van der Waals surface area contributed by atoms with Crippen LogP contribution in [0.25, 0.3) is 11.0 Å². The zero-order valence-electron chi connectivity index (χ0n) is 16.3. The first-order chi connectivity index (χ1) is 15.6. The molecule has 0 aliphatic rings. The third-order valence-corrected chi connectivity index (χ3v) is 6.27. The van der Waals surface area contributed by atoms with E-state index in [0.717, 1.165) is 24.3 Å². The third kappa shape index (κ3) is 4.15. The highest BCUT2D eigenvalue weighted by Gasteiger charge is 2.26. The molecule has 2 aromatic carbocycles. The molecule has 0 aliphatic heterocycles. The summed E-state index contributed by atoms with van der Waals surface area (Å²) in [6.07, 6.45) is 2.54. The van der Waals surface area contributed by atoms with Crippen LogP contribution in [0.15, 0.2) is 59.8 Å². The van der Waals surface area contributed by atoms with Crippen molar-refractivity contribution in [3.05, 3.63) is 88.2 Å². The number of hydrogen-bond acceptors (Lipinski definition) is 5. The van der Waals surface area contributed by atoms with Gasteiger partial charge in [0.1, 0.15) is 11.5 Å². The number of ketones is 1. The number of hydrogen-bond donors (Lipinski definition) is 3. The van der Waals surface area contributed by atoms with Gasteiger partial charge in [-0.2, -0.15) is 0 Å². The summed E-state index contributed by atoms with van der Waals surface area (Å²) < 4.78 is 56.9. The van der Waals surface area contributed by atoms with Gasteiger partial charge in [0.25, 0.3) is 10.0 Å². The summed E-state index contributed by atoms with van der Waals surface area (Å²) in [5.74, 6) is -5.07. The van der Waals surface area contributed by atoms with Gasteiger partial charge in [0.05, 0.1) is 26.7 Å². The van der Waals surface area contributed by atoms with E-state index in [1.165, 1.54) is 30.6 Å². The lowest BCUT2D eigenvalue weighted by atomic mass is 10.0. The molecule has 0 unspecified atom stereocenters. The number of carboxylic acid groups (broad SMARTS) is 1. The lowest BCUT2D eigenvalue weighted by Crippen LogP contribution is -2.17. The quantitative estimate of drug-likeness (QED) is 0.346. The van der Waals surface area contributed by atoms with Gasteiger partial charge < -0.3 is 10.1 Å². The Morgan fingerprint density at radius 2 is 1.88 bits per heavy atom. The number of nitrogens with one attached hydrogen (secondary N) is 2. The topological polar surface area (TPSA) is 129 Å². The Morgan fingerprint density at radius 1 is 1.12 bits per heavy atom. The van der Waals surface area contributed by atoms with Crippen LogP contribution in [-0.4, -0.2) is 35.2 Å². The van der Waals surface area contributed by atoms with Gasteiger partial charge in [-0.05, 0) is 36.4 Å². The van der Waals surface area contributed by atoms with Gasteiger partial charge in [-0.15, -0.1) is 0 Å². The zero-order valence-corrected chi connectivity index (χ0v) is 17.8. The summed E-state index contributed by atoms with van der Waals surface area (Å²) in [6, 6.07) is 7.30. The van der Waals surface area contributed by atoms with Crippen LogP contribution in [0.3, 0.4) is 0 Å². The highest BCUT2D eigenvalue weighted by Crippen LogP contribution is 2.29. The van der Waals surface area contributed by atoms with E-state index in [9.17, 15) is 22.4 Å². The van der Waals surface area contributed by atoms with Gasteiger partial charge in [-0.1, -0.05) is 17.7 Å². The minimum atomic E-state index is -4.46. The van der Waals surface area contributed by atoms with Gasteiger partial charge in [0, 0.05) is 23.3 Å². The molecule has 0 radical (unpaired) electrons. The second kappa shape index (κ2) is 8.26. The summed E-state index contributed by atoms with van der Waals surface area (Å²) in [5, 5.41) is 9.47. The molecule has 33 heavy (non-hydrogen) atoms. The fraction of sp³-hybridized carbons (Fsp3) is 0. The Labute approximate surface area is 189 Å². The predicted octanol–water partition coefficient (Wildman–Crippen LogP) is 4.22. The normalized spacial score (nSPS) is 11.5. The number of H-pyrrole nitrogens is 1. The molecule has 2 heterocycles. The van der Waals surface area contributed by atoms with Gasteiger partial charge in [0.2, 0.25) is 5.78 Å². The molecule has 0 saturated heterocycles. The molecule has 12 heteroatoms. The smallest absolute Gasteiger partial charge is 0.335 e. The SMILES string of the molecule is O=C(O)c1cccc(S(=O)(=O)Nc2ccc(F)c(C(=O)c3c[nH]c4ncc(Cl)cc34)c2F)c1. The van der Waals surface area contributed by atoms with Crippen molar-refractivity contribution in [2.45, 2.75) is 4.90 Å². The zero-order chi connectivity index (χ0) is 23.9. The van der Waals surface area contributed by atoms with E-state index in [2.05, 4.69) is 9.97 Å². The van der Waals surface area contributed by atoms with Gasteiger partial charge in [-0.25, -0.2) is 27.0 Å². The molecule has 0 saturated carbocycles. The standard InChI is InChI=1S/C21H12ClF2N3O5S/c22-11-7-13-14(9-26-20(13)25-8-11)19(28)17-15(23)4-5-16(18(17)24)27-33(31,32)12-3-1-2-10(6-12)21(29)30/h1-9,27H,(H,25,26)(H,29,30). The highest BCUT2D eigenvalue weighted by molar-refractivity contribution is 7.92. The van der Waals surface area contributed by atoms with E-state index in [1.54, 1.807) is 0 Å². The number of pyridine rings is 1. The van der Waals surface area contributed by atoms with E-state index in [4.69, 9.17) is 16.7 Å². The molecule has 0 spiro atoms. The molecular formula is C21H12ClF2N3O5S. The minimum Gasteiger partial charge on any atom is -0.478 e.